The lowest BCUT2D eigenvalue weighted by molar-refractivity contribution is -0.142. The number of ether oxygens (including phenoxy) is 1. The number of nitrogens with two attached hydrogens (primary N) is 1. The van der Waals surface area contributed by atoms with Crippen molar-refractivity contribution < 1.29 is 9.53 Å². The van der Waals surface area contributed by atoms with E-state index in [1.54, 1.807) is 6.07 Å². The van der Waals surface area contributed by atoms with Gasteiger partial charge in [0, 0.05) is 5.02 Å². The number of carbonyl (C=O) groups excluding carboxylic acids is 1. The van der Waals surface area contributed by atoms with E-state index in [1.807, 2.05) is 19.1 Å². The third-order valence-electron chi connectivity index (χ3n) is 2.25. The van der Waals surface area contributed by atoms with Crippen LogP contribution in [0.1, 0.15) is 11.1 Å². The highest BCUT2D eigenvalue weighted by molar-refractivity contribution is 6.30. The first kappa shape index (κ1) is 15.2. The SMILES string of the molecule is COC(=O)[C@@H](N)Cc1ccc(Cl)cc1C.Cl. The zero-order chi connectivity index (χ0) is 11.4. The van der Waals surface area contributed by atoms with Gasteiger partial charge in [0.1, 0.15) is 6.04 Å². The number of aryl methyl sites for hydroxylation is 1. The summed E-state index contributed by atoms with van der Waals surface area (Å²) in [6.45, 7) is 1.94. The van der Waals surface area contributed by atoms with Crippen molar-refractivity contribution in [2.75, 3.05) is 7.11 Å². The predicted octanol–water partition coefficient (Wildman–Crippen LogP) is 2.11. The molecule has 1 aromatic rings. The molecule has 2 N–H and O–H groups in total. The van der Waals surface area contributed by atoms with Crippen LogP contribution in [0.15, 0.2) is 18.2 Å². The van der Waals surface area contributed by atoms with Crippen molar-refractivity contribution in [3.8, 4) is 0 Å². The van der Waals surface area contributed by atoms with Crippen LogP contribution in [-0.2, 0) is 16.0 Å². The molecule has 0 saturated carbocycles. The molecule has 5 heteroatoms. The number of methoxy groups -OCH3 is 1. The van der Waals surface area contributed by atoms with Crippen LogP contribution in [-0.4, -0.2) is 19.1 Å². The molecule has 0 spiro atoms. The lowest BCUT2D eigenvalue weighted by atomic mass is 10.0. The number of halogens is 2. The molecule has 0 aliphatic heterocycles. The fourth-order valence-corrected chi connectivity index (χ4v) is 1.59. The Hall–Kier alpha value is -0.770. The van der Waals surface area contributed by atoms with Crippen LogP contribution in [0.3, 0.4) is 0 Å². The van der Waals surface area contributed by atoms with Crippen LogP contribution in [0.2, 0.25) is 5.02 Å². The van der Waals surface area contributed by atoms with Crippen molar-refractivity contribution in [2.45, 2.75) is 19.4 Å². The second-order valence-electron chi connectivity index (χ2n) is 3.40. The van der Waals surface area contributed by atoms with Gasteiger partial charge < -0.3 is 10.5 Å². The maximum Gasteiger partial charge on any atom is 0.322 e. The summed E-state index contributed by atoms with van der Waals surface area (Å²) >= 11 is 5.82. The Morgan fingerprint density at radius 1 is 1.56 bits per heavy atom. The van der Waals surface area contributed by atoms with Gasteiger partial charge >= 0.3 is 5.97 Å². The molecule has 0 fully saturated rings. The number of carbonyl (C=O) groups is 1. The molecular formula is C11H15Cl2NO2. The van der Waals surface area contributed by atoms with Gasteiger partial charge in [-0.2, -0.15) is 0 Å². The Bertz CT molecular complexity index is 369. The van der Waals surface area contributed by atoms with Gasteiger partial charge in [-0.25, -0.2) is 0 Å². The largest absolute Gasteiger partial charge is 0.468 e. The minimum Gasteiger partial charge on any atom is -0.468 e. The molecule has 0 unspecified atom stereocenters. The second kappa shape index (κ2) is 6.74. The third-order valence-corrected chi connectivity index (χ3v) is 2.48. The zero-order valence-corrected chi connectivity index (χ0v) is 10.8. The Labute approximate surface area is 106 Å². The van der Waals surface area contributed by atoms with E-state index in [1.165, 1.54) is 7.11 Å². The summed E-state index contributed by atoms with van der Waals surface area (Å²) in [5, 5.41) is 0.683. The topological polar surface area (TPSA) is 52.3 Å². The molecule has 1 aromatic carbocycles. The van der Waals surface area contributed by atoms with Crippen molar-refractivity contribution in [3.05, 3.63) is 34.3 Å². The van der Waals surface area contributed by atoms with Crippen molar-refractivity contribution >= 4 is 30.0 Å². The highest BCUT2D eigenvalue weighted by Gasteiger charge is 2.15. The van der Waals surface area contributed by atoms with Gasteiger partial charge in [0.2, 0.25) is 0 Å². The fourth-order valence-electron chi connectivity index (χ4n) is 1.36. The maximum atomic E-state index is 11.1. The van der Waals surface area contributed by atoms with E-state index in [4.69, 9.17) is 17.3 Å². The van der Waals surface area contributed by atoms with Gasteiger partial charge in [-0.05, 0) is 36.6 Å². The standard InChI is InChI=1S/C11H14ClNO2.ClH/c1-7-5-9(12)4-3-8(7)6-10(13)11(14)15-2;/h3-5,10H,6,13H2,1-2H3;1H/t10-;/m0./s1. The summed E-state index contributed by atoms with van der Waals surface area (Å²) in [6.07, 6.45) is 0.468. The fraction of sp³-hybridized carbons (Fsp3) is 0.364. The number of hydrogen-bond donors (Lipinski definition) is 1. The highest BCUT2D eigenvalue weighted by Crippen LogP contribution is 2.16. The number of rotatable bonds is 3. The first-order valence-corrected chi connectivity index (χ1v) is 5.01. The number of esters is 1. The Balaban J connectivity index is 0.00000225. The van der Waals surface area contributed by atoms with E-state index < -0.39 is 12.0 Å². The first-order valence-electron chi connectivity index (χ1n) is 4.63. The normalized spacial score (nSPS) is 11.5. The zero-order valence-electron chi connectivity index (χ0n) is 9.20. The quantitative estimate of drug-likeness (QED) is 0.851. The van der Waals surface area contributed by atoms with Crippen LogP contribution >= 0.6 is 24.0 Å². The van der Waals surface area contributed by atoms with E-state index >= 15 is 0 Å². The molecule has 0 amide bonds. The van der Waals surface area contributed by atoms with Gasteiger partial charge in [0.05, 0.1) is 7.11 Å². The van der Waals surface area contributed by atoms with E-state index in [-0.39, 0.29) is 12.4 Å². The summed E-state index contributed by atoms with van der Waals surface area (Å²) < 4.78 is 4.56. The van der Waals surface area contributed by atoms with Crippen LogP contribution in [0.4, 0.5) is 0 Å². The monoisotopic (exact) mass is 263 g/mol. The smallest absolute Gasteiger partial charge is 0.322 e. The third kappa shape index (κ3) is 4.00. The molecule has 3 nitrogen and oxygen atoms in total. The summed E-state index contributed by atoms with van der Waals surface area (Å²) in [7, 11) is 1.33. The van der Waals surface area contributed by atoms with Crippen molar-refractivity contribution in [1.29, 1.82) is 0 Å². The molecule has 90 valence electrons. The van der Waals surface area contributed by atoms with Gasteiger partial charge in [-0.15, -0.1) is 12.4 Å². The lowest BCUT2D eigenvalue weighted by Crippen LogP contribution is -2.33. The van der Waals surface area contributed by atoms with Crippen molar-refractivity contribution in [1.82, 2.24) is 0 Å². The minimum absolute atomic E-state index is 0. The van der Waals surface area contributed by atoms with Gasteiger partial charge in [0.15, 0.2) is 0 Å². The molecule has 0 heterocycles. The average molecular weight is 264 g/mol. The maximum absolute atomic E-state index is 11.1. The van der Waals surface area contributed by atoms with E-state index in [0.29, 0.717) is 11.4 Å². The molecule has 0 aliphatic carbocycles. The van der Waals surface area contributed by atoms with E-state index in [2.05, 4.69) is 4.74 Å². The molecule has 16 heavy (non-hydrogen) atoms. The van der Waals surface area contributed by atoms with Crippen LogP contribution in [0, 0.1) is 6.92 Å². The van der Waals surface area contributed by atoms with E-state index in [9.17, 15) is 4.79 Å². The van der Waals surface area contributed by atoms with Crippen molar-refractivity contribution in [3.63, 3.8) is 0 Å². The van der Waals surface area contributed by atoms with Gasteiger partial charge in [-0.1, -0.05) is 17.7 Å². The van der Waals surface area contributed by atoms with Gasteiger partial charge in [-0.3, -0.25) is 4.79 Å². The Morgan fingerprint density at radius 2 is 2.19 bits per heavy atom. The summed E-state index contributed by atoms with van der Waals surface area (Å²) in [5.74, 6) is -0.399. The molecule has 0 bridgehead atoms. The minimum atomic E-state index is -0.616. The van der Waals surface area contributed by atoms with E-state index in [0.717, 1.165) is 11.1 Å². The molecule has 1 atom stereocenters. The molecule has 0 saturated heterocycles. The molecular weight excluding hydrogens is 249 g/mol. The Morgan fingerprint density at radius 3 is 2.69 bits per heavy atom. The molecule has 0 radical (unpaired) electrons. The van der Waals surface area contributed by atoms with Crippen LogP contribution in [0.5, 0.6) is 0 Å². The summed E-state index contributed by atoms with van der Waals surface area (Å²) in [5.41, 5.74) is 7.70. The first-order chi connectivity index (χ1) is 7.04. The molecule has 0 aromatic heterocycles. The molecule has 0 aliphatic rings. The number of hydrogen-bond acceptors (Lipinski definition) is 3. The average Bonchev–Trinajstić information content (AvgIpc) is 2.20. The van der Waals surface area contributed by atoms with Crippen molar-refractivity contribution in [2.24, 2.45) is 5.73 Å². The van der Waals surface area contributed by atoms with Crippen LogP contribution in [0.25, 0.3) is 0 Å². The number of benzene rings is 1. The predicted molar refractivity (Wildman–Crippen MR) is 67.1 cm³/mol. The second-order valence-corrected chi connectivity index (χ2v) is 3.84. The summed E-state index contributed by atoms with van der Waals surface area (Å²) in [4.78, 5) is 11.1. The Kier molecular flexibility index (Phi) is 6.41. The highest BCUT2D eigenvalue weighted by atomic mass is 35.5. The lowest BCUT2D eigenvalue weighted by Gasteiger charge is -2.11. The van der Waals surface area contributed by atoms with Crippen LogP contribution < -0.4 is 5.73 Å². The molecule has 1 rings (SSSR count). The summed E-state index contributed by atoms with van der Waals surface area (Å²) in [6, 6.07) is 4.89. The van der Waals surface area contributed by atoms with Gasteiger partial charge in [0.25, 0.3) is 0 Å².